The summed E-state index contributed by atoms with van der Waals surface area (Å²) < 4.78 is 58.4. The van der Waals surface area contributed by atoms with Crippen molar-refractivity contribution in [1.82, 2.24) is 13.9 Å². The molecular formula is C23H31N3O6S2. The second kappa shape index (κ2) is 11.3. The molecule has 3 rings (SSSR count). The number of ether oxygens (including phenoxy) is 1. The van der Waals surface area contributed by atoms with E-state index in [-0.39, 0.29) is 28.5 Å². The lowest BCUT2D eigenvalue weighted by molar-refractivity contribution is 0.0946. The first kappa shape index (κ1) is 26.1. The number of nitrogens with one attached hydrogen (secondary N) is 1. The van der Waals surface area contributed by atoms with E-state index in [4.69, 9.17) is 4.74 Å². The maximum atomic E-state index is 13.0. The monoisotopic (exact) mass is 509 g/mol. The maximum absolute atomic E-state index is 13.0. The summed E-state index contributed by atoms with van der Waals surface area (Å²) in [5, 5.41) is 2.71. The van der Waals surface area contributed by atoms with Crippen molar-refractivity contribution in [3.63, 3.8) is 0 Å². The standard InChI is InChI=1S/C23H31N3O6S2/c1-25(2)33(28,29)21-12-10-20(11-13-21)32-17-14-24-23(27)19-8-7-9-22(18-19)34(30,31)26-15-5-3-4-6-16-26/h7-13,18H,3-6,14-17H2,1-2H3,(H,24,27). The van der Waals surface area contributed by atoms with Crippen molar-refractivity contribution in [2.45, 2.75) is 35.5 Å². The molecule has 9 nitrogen and oxygen atoms in total. The first-order valence-electron chi connectivity index (χ1n) is 11.2. The van der Waals surface area contributed by atoms with Gasteiger partial charge in [-0.1, -0.05) is 18.9 Å². The van der Waals surface area contributed by atoms with E-state index in [1.54, 1.807) is 24.3 Å². The van der Waals surface area contributed by atoms with Crippen molar-refractivity contribution in [1.29, 1.82) is 0 Å². The molecular weight excluding hydrogens is 478 g/mol. The van der Waals surface area contributed by atoms with Crippen LogP contribution >= 0.6 is 0 Å². The second-order valence-corrected chi connectivity index (χ2v) is 12.3. The van der Waals surface area contributed by atoms with E-state index in [0.717, 1.165) is 30.0 Å². The van der Waals surface area contributed by atoms with Crippen LogP contribution in [0, 0.1) is 0 Å². The molecule has 1 fully saturated rings. The van der Waals surface area contributed by atoms with Gasteiger partial charge in [0.1, 0.15) is 12.4 Å². The van der Waals surface area contributed by atoms with Gasteiger partial charge in [-0.25, -0.2) is 21.1 Å². The molecule has 0 aliphatic carbocycles. The summed E-state index contributed by atoms with van der Waals surface area (Å²) in [6, 6.07) is 12.1. The highest BCUT2D eigenvalue weighted by Crippen LogP contribution is 2.21. The van der Waals surface area contributed by atoms with E-state index in [0.29, 0.717) is 18.8 Å². The maximum Gasteiger partial charge on any atom is 0.251 e. The molecule has 1 heterocycles. The Labute approximate surface area is 201 Å². The number of rotatable bonds is 9. The molecule has 0 bridgehead atoms. The second-order valence-electron chi connectivity index (χ2n) is 8.21. The fourth-order valence-electron chi connectivity index (χ4n) is 3.58. The Balaban J connectivity index is 1.55. The third-order valence-corrected chi connectivity index (χ3v) is 9.28. The summed E-state index contributed by atoms with van der Waals surface area (Å²) in [5.74, 6) is 0.0708. The molecule has 1 saturated heterocycles. The molecule has 11 heteroatoms. The van der Waals surface area contributed by atoms with Gasteiger partial charge in [-0.15, -0.1) is 0 Å². The Morgan fingerprint density at radius 3 is 2.21 bits per heavy atom. The first-order valence-corrected chi connectivity index (χ1v) is 14.0. The molecule has 0 spiro atoms. The van der Waals surface area contributed by atoms with Crippen LogP contribution in [0.25, 0.3) is 0 Å². The van der Waals surface area contributed by atoms with E-state index in [1.165, 1.54) is 42.7 Å². The summed E-state index contributed by atoms with van der Waals surface area (Å²) in [6.45, 7) is 1.35. The number of amides is 1. The summed E-state index contributed by atoms with van der Waals surface area (Å²) in [4.78, 5) is 12.8. The van der Waals surface area contributed by atoms with E-state index in [1.807, 2.05) is 0 Å². The van der Waals surface area contributed by atoms with Crippen molar-refractivity contribution in [2.24, 2.45) is 0 Å². The van der Waals surface area contributed by atoms with Crippen LogP contribution in [-0.4, -0.2) is 71.7 Å². The zero-order chi connectivity index (χ0) is 24.8. The van der Waals surface area contributed by atoms with Gasteiger partial charge in [0.05, 0.1) is 16.3 Å². The van der Waals surface area contributed by atoms with Gasteiger partial charge in [-0.2, -0.15) is 4.31 Å². The van der Waals surface area contributed by atoms with E-state index >= 15 is 0 Å². The smallest absolute Gasteiger partial charge is 0.251 e. The number of hydrogen-bond acceptors (Lipinski definition) is 6. The summed E-state index contributed by atoms with van der Waals surface area (Å²) in [5.41, 5.74) is 0.258. The zero-order valence-corrected chi connectivity index (χ0v) is 21.1. The minimum atomic E-state index is -3.64. The molecule has 1 aliphatic rings. The van der Waals surface area contributed by atoms with Crippen molar-refractivity contribution in [3.8, 4) is 5.75 Å². The molecule has 2 aromatic carbocycles. The molecule has 0 atom stereocenters. The van der Waals surface area contributed by atoms with E-state index < -0.39 is 26.0 Å². The zero-order valence-electron chi connectivity index (χ0n) is 19.4. The molecule has 1 N–H and O–H groups in total. The fraction of sp³-hybridized carbons (Fsp3) is 0.435. The minimum Gasteiger partial charge on any atom is -0.492 e. The Hall–Kier alpha value is -2.47. The van der Waals surface area contributed by atoms with Crippen LogP contribution in [-0.2, 0) is 20.0 Å². The first-order chi connectivity index (χ1) is 16.1. The van der Waals surface area contributed by atoms with Crippen LogP contribution in [0.3, 0.4) is 0 Å². The lowest BCUT2D eigenvalue weighted by Crippen LogP contribution is -2.32. The molecule has 0 radical (unpaired) electrons. The van der Waals surface area contributed by atoms with Gasteiger partial charge in [0, 0.05) is 32.7 Å². The van der Waals surface area contributed by atoms with Crippen molar-refractivity contribution >= 4 is 26.0 Å². The molecule has 0 aromatic heterocycles. The Morgan fingerprint density at radius 2 is 1.59 bits per heavy atom. The van der Waals surface area contributed by atoms with E-state index in [2.05, 4.69) is 5.32 Å². The van der Waals surface area contributed by atoms with Crippen LogP contribution in [0.15, 0.2) is 58.3 Å². The molecule has 0 saturated carbocycles. The van der Waals surface area contributed by atoms with Crippen LogP contribution in [0.4, 0.5) is 0 Å². The molecule has 0 unspecified atom stereocenters. The van der Waals surface area contributed by atoms with E-state index in [9.17, 15) is 21.6 Å². The highest BCUT2D eigenvalue weighted by atomic mass is 32.2. The van der Waals surface area contributed by atoms with Crippen LogP contribution in [0.1, 0.15) is 36.0 Å². The van der Waals surface area contributed by atoms with Gasteiger partial charge in [0.2, 0.25) is 20.0 Å². The normalized spacial score (nSPS) is 15.6. The summed E-state index contributed by atoms with van der Waals surface area (Å²) >= 11 is 0. The van der Waals surface area contributed by atoms with Crippen molar-refractivity contribution < 1.29 is 26.4 Å². The Morgan fingerprint density at radius 1 is 0.941 bits per heavy atom. The molecule has 1 aliphatic heterocycles. The Kier molecular flexibility index (Phi) is 8.69. The fourth-order valence-corrected chi connectivity index (χ4v) is 6.05. The molecule has 2 aromatic rings. The average Bonchev–Trinajstić information content (AvgIpc) is 3.12. The lowest BCUT2D eigenvalue weighted by Gasteiger charge is -2.20. The third-order valence-electron chi connectivity index (χ3n) is 5.56. The van der Waals surface area contributed by atoms with Gasteiger partial charge in [0.25, 0.3) is 5.91 Å². The average molecular weight is 510 g/mol. The van der Waals surface area contributed by atoms with Crippen molar-refractivity contribution in [2.75, 3.05) is 40.3 Å². The van der Waals surface area contributed by atoms with Gasteiger partial charge in [-0.05, 0) is 55.3 Å². The number of nitrogens with zero attached hydrogens (tertiary/aromatic N) is 2. The van der Waals surface area contributed by atoms with Crippen molar-refractivity contribution in [3.05, 3.63) is 54.1 Å². The number of carbonyl (C=O) groups excluding carboxylic acids is 1. The van der Waals surface area contributed by atoms with Gasteiger partial charge in [-0.3, -0.25) is 4.79 Å². The highest BCUT2D eigenvalue weighted by Gasteiger charge is 2.25. The minimum absolute atomic E-state index is 0.117. The van der Waals surface area contributed by atoms with Crippen LogP contribution < -0.4 is 10.1 Å². The quantitative estimate of drug-likeness (QED) is 0.519. The topological polar surface area (TPSA) is 113 Å². The van der Waals surface area contributed by atoms with Gasteiger partial charge >= 0.3 is 0 Å². The number of carbonyl (C=O) groups is 1. The summed E-state index contributed by atoms with van der Waals surface area (Å²) in [6.07, 6.45) is 3.73. The number of benzene rings is 2. The summed E-state index contributed by atoms with van der Waals surface area (Å²) in [7, 11) is -4.23. The third kappa shape index (κ3) is 6.35. The largest absolute Gasteiger partial charge is 0.492 e. The van der Waals surface area contributed by atoms with Crippen LogP contribution in [0.2, 0.25) is 0 Å². The number of hydrogen-bond donors (Lipinski definition) is 1. The Bertz CT molecular complexity index is 1190. The number of sulfonamides is 2. The predicted molar refractivity (Wildman–Crippen MR) is 129 cm³/mol. The van der Waals surface area contributed by atoms with Crippen LogP contribution in [0.5, 0.6) is 5.75 Å². The molecule has 34 heavy (non-hydrogen) atoms. The van der Waals surface area contributed by atoms with Gasteiger partial charge in [0.15, 0.2) is 0 Å². The SMILES string of the molecule is CN(C)S(=O)(=O)c1ccc(OCCNC(=O)c2cccc(S(=O)(=O)N3CCCCCC3)c2)cc1. The van der Waals surface area contributed by atoms with Gasteiger partial charge < -0.3 is 10.1 Å². The highest BCUT2D eigenvalue weighted by molar-refractivity contribution is 7.89. The predicted octanol–water partition coefficient (Wildman–Crippen LogP) is 2.31. The molecule has 1 amide bonds. The molecule has 186 valence electrons. The lowest BCUT2D eigenvalue weighted by atomic mass is 10.2.